The van der Waals surface area contributed by atoms with E-state index in [1.54, 1.807) is 0 Å². The molecule has 1 saturated heterocycles. The van der Waals surface area contributed by atoms with Crippen molar-refractivity contribution in [2.45, 2.75) is 25.3 Å². The predicted octanol–water partition coefficient (Wildman–Crippen LogP) is 0.596. The molecule has 7 nitrogen and oxygen atoms in total. The third-order valence-electron chi connectivity index (χ3n) is 3.75. The summed E-state index contributed by atoms with van der Waals surface area (Å²) in [5.41, 5.74) is 0.661. The van der Waals surface area contributed by atoms with E-state index < -0.39 is 0 Å². The Morgan fingerprint density at radius 3 is 2.94 bits per heavy atom. The van der Waals surface area contributed by atoms with Crippen molar-refractivity contribution in [3.8, 4) is 11.6 Å². The first kappa shape index (κ1) is 10.2. The van der Waals surface area contributed by atoms with Crippen molar-refractivity contribution in [3.05, 3.63) is 12.0 Å². The minimum absolute atomic E-state index is 0.400. The summed E-state index contributed by atoms with van der Waals surface area (Å²) in [5.74, 6) is 2.42. The predicted molar refractivity (Wildman–Crippen MR) is 61.7 cm³/mol. The third-order valence-corrected chi connectivity index (χ3v) is 3.75. The molecule has 18 heavy (non-hydrogen) atoms. The molecule has 0 bridgehead atoms. The van der Waals surface area contributed by atoms with Crippen LogP contribution in [0.1, 0.15) is 31.1 Å². The van der Waals surface area contributed by atoms with Gasteiger partial charge in [0.05, 0.1) is 12.2 Å². The lowest BCUT2D eigenvalue weighted by Crippen LogP contribution is -2.43. The molecule has 1 N–H and O–H groups in total. The van der Waals surface area contributed by atoms with Crippen LogP contribution in [0.3, 0.4) is 0 Å². The van der Waals surface area contributed by atoms with Crippen molar-refractivity contribution >= 4 is 0 Å². The SMILES string of the molecule is CC1CC1c1noc(-c2cn(C3CNC3)nn2)n1. The summed E-state index contributed by atoms with van der Waals surface area (Å²) in [5, 5.41) is 15.4. The first-order valence-electron chi connectivity index (χ1n) is 6.28. The lowest BCUT2D eigenvalue weighted by Gasteiger charge is -2.26. The maximum Gasteiger partial charge on any atom is 0.280 e. The maximum atomic E-state index is 5.25. The highest BCUT2D eigenvalue weighted by Gasteiger charge is 2.38. The Balaban J connectivity index is 1.58. The van der Waals surface area contributed by atoms with Gasteiger partial charge in [-0.1, -0.05) is 17.3 Å². The summed E-state index contributed by atoms with van der Waals surface area (Å²) < 4.78 is 7.11. The highest BCUT2D eigenvalue weighted by Crippen LogP contribution is 2.45. The Kier molecular flexibility index (Phi) is 2.05. The van der Waals surface area contributed by atoms with E-state index in [2.05, 4.69) is 32.7 Å². The van der Waals surface area contributed by atoms with E-state index in [1.807, 2.05) is 10.9 Å². The molecule has 0 aromatic carbocycles. The van der Waals surface area contributed by atoms with Gasteiger partial charge in [-0.2, -0.15) is 4.98 Å². The first-order valence-corrected chi connectivity index (χ1v) is 6.28. The van der Waals surface area contributed by atoms with E-state index in [1.165, 1.54) is 0 Å². The summed E-state index contributed by atoms with van der Waals surface area (Å²) in [7, 11) is 0. The Morgan fingerprint density at radius 2 is 2.28 bits per heavy atom. The molecular weight excluding hydrogens is 232 g/mol. The van der Waals surface area contributed by atoms with Crippen LogP contribution in [0.4, 0.5) is 0 Å². The standard InChI is InChI=1S/C11H14N6O/c1-6-2-8(6)10-13-11(18-15-10)9-5-17(16-14-9)7-3-12-4-7/h5-8,12H,2-4H2,1H3. The van der Waals surface area contributed by atoms with Crippen molar-refractivity contribution < 1.29 is 4.52 Å². The minimum Gasteiger partial charge on any atom is -0.332 e. The molecule has 2 aromatic rings. The molecule has 1 aliphatic carbocycles. The van der Waals surface area contributed by atoms with Gasteiger partial charge in [0, 0.05) is 19.0 Å². The van der Waals surface area contributed by atoms with Crippen LogP contribution in [0.2, 0.25) is 0 Å². The van der Waals surface area contributed by atoms with E-state index in [0.29, 0.717) is 29.5 Å². The van der Waals surface area contributed by atoms with Crippen molar-refractivity contribution in [2.75, 3.05) is 13.1 Å². The Hall–Kier alpha value is -1.76. The van der Waals surface area contributed by atoms with Crippen LogP contribution < -0.4 is 5.32 Å². The lowest BCUT2D eigenvalue weighted by molar-refractivity contribution is 0.313. The second-order valence-electron chi connectivity index (χ2n) is 5.17. The van der Waals surface area contributed by atoms with Gasteiger partial charge in [0.1, 0.15) is 0 Å². The van der Waals surface area contributed by atoms with Gasteiger partial charge in [0.15, 0.2) is 11.5 Å². The molecule has 0 spiro atoms. The van der Waals surface area contributed by atoms with Gasteiger partial charge in [-0.3, -0.25) is 0 Å². The van der Waals surface area contributed by atoms with Gasteiger partial charge >= 0.3 is 0 Å². The highest BCUT2D eigenvalue weighted by molar-refractivity contribution is 5.43. The number of rotatable bonds is 3. The molecule has 2 unspecified atom stereocenters. The quantitative estimate of drug-likeness (QED) is 0.853. The fourth-order valence-electron chi connectivity index (χ4n) is 2.19. The van der Waals surface area contributed by atoms with E-state index in [9.17, 15) is 0 Å². The van der Waals surface area contributed by atoms with Gasteiger partial charge in [0.2, 0.25) is 0 Å². The second-order valence-corrected chi connectivity index (χ2v) is 5.17. The number of nitrogens with zero attached hydrogens (tertiary/aromatic N) is 5. The van der Waals surface area contributed by atoms with E-state index in [-0.39, 0.29) is 0 Å². The molecule has 2 aromatic heterocycles. The smallest absolute Gasteiger partial charge is 0.280 e. The first-order chi connectivity index (χ1) is 8.81. The monoisotopic (exact) mass is 246 g/mol. The zero-order valence-electron chi connectivity index (χ0n) is 10.1. The molecule has 4 rings (SSSR count). The van der Waals surface area contributed by atoms with Crippen LogP contribution in [-0.2, 0) is 0 Å². The van der Waals surface area contributed by atoms with E-state index in [0.717, 1.165) is 25.3 Å². The number of nitrogens with one attached hydrogen (secondary N) is 1. The summed E-state index contributed by atoms with van der Waals surface area (Å²) in [4.78, 5) is 4.40. The molecular formula is C11H14N6O. The summed E-state index contributed by atoms with van der Waals surface area (Å²) in [6, 6.07) is 0.400. The topological polar surface area (TPSA) is 81.7 Å². The van der Waals surface area contributed by atoms with Gasteiger partial charge < -0.3 is 9.84 Å². The van der Waals surface area contributed by atoms with Crippen LogP contribution >= 0.6 is 0 Å². The van der Waals surface area contributed by atoms with Crippen LogP contribution in [0.25, 0.3) is 11.6 Å². The van der Waals surface area contributed by atoms with Crippen molar-refractivity contribution in [1.82, 2.24) is 30.5 Å². The molecule has 2 fully saturated rings. The maximum absolute atomic E-state index is 5.25. The molecule has 94 valence electrons. The summed E-state index contributed by atoms with van der Waals surface area (Å²) in [6.45, 7) is 4.08. The van der Waals surface area contributed by atoms with Gasteiger partial charge in [0.25, 0.3) is 5.89 Å². The molecule has 7 heteroatoms. The summed E-state index contributed by atoms with van der Waals surface area (Å²) >= 11 is 0. The molecule has 0 radical (unpaired) electrons. The Bertz CT molecular complexity index is 531. The fraction of sp³-hybridized carbons (Fsp3) is 0.636. The highest BCUT2D eigenvalue weighted by atomic mass is 16.5. The van der Waals surface area contributed by atoms with Gasteiger partial charge in [-0.05, 0) is 12.3 Å². The second kappa shape index (κ2) is 3.61. The van der Waals surface area contributed by atoms with Crippen LogP contribution in [-0.4, -0.2) is 38.2 Å². The van der Waals surface area contributed by atoms with Crippen molar-refractivity contribution in [2.24, 2.45) is 5.92 Å². The average molecular weight is 246 g/mol. The van der Waals surface area contributed by atoms with E-state index in [4.69, 9.17) is 4.52 Å². The molecule has 0 amide bonds. The van der Waals surface area contributed by atoms with Crippen molar-refractivity contribution in [1.29, 1.82) is 0 Å². The number of aromatic nitrogens is 5. The Labute approximate surface area is 104 Å². The average Bonchev–Trinajstić information content (AvgIpc) is 2.77. The summed E-state index contributed by atoms with van der Waals surface area (Å²) in [6.07, 6.45) is 3.03. The Morgan fingerprint density at radius 1 is 1.44 bits per heavy atom. The largest absolute Gasteiger partial charge is 0.332 e. The molecule has 2 atom stereocenters. The third kappa shape index (κ3) is 1.54. The normalized spacial score (nSPS) is 27.2. The molecule has 1 aliphatic heterocycles. The fourth-order valence-corrected chi connectivity index (χ4v) is 2.19. The van der Waals surface area contributed by atoms with Gasteiger partial charge in [-0.15, -0.1) is 5.10 Å². The van der Waals surface area contributed by atoms with Crippen LogP contribution in [0, 0.1) is 5.92 Å². The van der Waals surface area contributed by atoms with E-state index >= 15 is 0 Å². The molecule has 2 aliphatic rings. The number of hydrogen-bond donors (Lipinski definition) is 1. The minimum atomic E-state index is 0.400. The van der Waals surface area contributed by atoms with Crippen LogP contribution in [0.5, 0.6) is 0 Å². The number of hydrogen-bond acceptors (Lipinski definition) is 6. The molecule has 3 heterocycles. The molecule has 1 saturated carbocycles. The lowest BCUT2D eigenvalue weighted by atomic mass is 10.2. The van der Waals surface area contributed by atoms with Crippen LogP contribution in [0.15, 0.2) is 10.7 Å². The zero-order valence-corrected chi connectivity index (χ0v) is 10.1. The van der Waals surface area contributed by atoms with Gasteiger partial charge in [-0.25, -0.2) is 4.68 Å². The van der Waals surface area contributed by atoms with Crippen molar-refractivity contribution in [3.63, 3.8) is 0 Å². The zero-order chi connectivity index (χ0) is 12.1.